The molecule has 106 valence electrons. The van der Waals surface area contributed by atoms with Crippen LogP contribution in [0.2, 0.25) is 5.02 Å². The summed E-state index contributed by atoms with van der Waals surface area (Å²) < 4.78 is 28.1. The summed E-state index contributed by atoms with van der Waals surface area (Å²) in [5.74, 6) is -1.08. The fourth-order valence-electron chi connectivity index (χ4n) is 2.00. The molecule has 1 atom stereocenters. The van der Waals surface area contributed by atoms with Gasteiger partial charge in [0.2, 0.25) is 0 Å². The molecule has 0 N–H and O–H groups in total. The maximum Gasteiger partial charge on any atom is 0.143 e. The fraction of sp³-hybridized carbons (Fsp3) is 0.200. The topological polar surface area (TPSA) is 0 Å². The molecule has 0 radical (unpaired) electrons. The molecule has 0 amide bonds. The Bertz CT molecular complexity index is 600. The van der Waals surface area contributed by atoms with Gasteiger partial charge in [-0.3, -0.25) is 0 Å². The van der Waals surface area contributed by atoms with E-state index >= 15 is 0 Å². The summed E-state index contributed by atoms with van der Waals surface area (Å²) in [6.07, 6.45) is 0.282. The van der Waals surface area contributed by atoms with Crippen molar-refractivity contribution in [2.24, 2.45) is 0 Å². The minimum Gasteiger partial charge on any atom is -0.207 e. The molecular formula is C15H11Br2ClF2. The Morgan fingerprint density at radius 1 is 1.05 bits per heavy atom. The first-order valence-corrected chi connectivity index (χ1v) is 8.26. The van der Waals surface area contributed by atoms with E-state index in [1.165, 1.54) is 12.1 Å². The lowest BCUT2D eigenvalue weighted by molar-refractivity contribution is 0.541. The van der Waals surface area contributed by atoms with Crippen molar-refractivity contribution in [1.29, 1.82) is 0 Å². The SMILES string of the molecule is Fc1ccc(Br)c(F)c1CC(CBr)c1ccc(Cl)cc1. The number of halogens is 5. The standard InChI is InChI=1S/C15H11Br2ClF2/c16-8-10(9-1-3-11(18)4-2-9)7-12-14(19)6-5-13(17)15(12)20/h1-6,10H,7-8H2. The van der Waals surface area contributed by atoms with Crippen LogP contribution in [-0.2, 0) is 6.42 Å². The smallest absolute Gasteiger partial charge is 0.143 e. The third kappa shape index (κ3) is 3.60. The molecule has 2 aromatic carbocycles. The van der Waals surface area contributed by atoms with Gasteiger partial charge in [-0.25, -0.2) is 8.78 Å². The van der Waals surface area contributed by atoms with E-state index in [9.17, 15) is 8.78 Å². The zero-order valence-corrected chi connectivity index (χ0v) is 14.3. The lowest BCUT2D eigenvalue weighted by Crippen LogP contribution is -2.08. The lowest BCUT2D eigenvalue weighted by Gasteiger charge is -2.16. The molecule has 0 spiro atoms. The molecule has 2 rings (SSSR count). The van der Waals surface area contributed by atoms with Crippen LogP contribution in [0.3, 0.4) is 0 Å². The van der Waals surface area contributed by atoms with Crippen LogP contribution in [-0.4, -0.2) is 5.33 Å². The summed E-state index contributed by atoms with van der Waals surface area (Å²) in [5, 5.41) is 1.25. The Morgan fingerprint density at radius 3 is 2.30 bits per heavy atom. The zero-order chi connectivity index (χ0) is 14.7. The first-order valence-electron chi connectivity index (χ1n) is 5.96. The van der Waals surface area contributed by atoms with Gasteiger partial charge in [0.05, 0.1) is 4.47 Å². The van der Waals surface area contributed by atoms with Crippen LogP contribution in [0.1, 0.15) is 17.0 Å². The molecule has 0 aromatic heterocycles. The van der Waals surface area contributed by atoms with E-state index in [2.05, 4.69) is 31.9 Å². The van der Waals surface area contributed by atoms with Crippen LogP contribution in [0.4, 0.5) is 8.78 Å². The fourth-order valence-corrected chi connectivity index (χ4v) is 3.10. The van der Waals surface area contributed by atoms with Gasteiger partial charge in [-0.15, -0.1) is 0 Å². The van der Waals surface area contributed by atoms with Crippen molar-refractivity contribution < 1.29 is 8.78 Å². The highest BCUT2D eigenvalue weighted by molar-refractivity contribution is 9.10. The molecule has 1 unspecified atom stereocenters. The second-order valence-electron chi connectivity index (χ2n) is 4.43. The minimum atomic E-state index is -0.537. The molecule has 0 bridgehead atoms. The molecule has 0 saturated heterocycles. The first-order chi connectivity index (χ1) is 9.52. The third-order valence-corrected chi connectivity index (χ3v) is 4.76. The van der Waals surface area contributed by atoms with Gasteiger partial charge in [0, 0.05) is 15.9 Å². The molecule has 0 saturated carbocycles. The van der Waals surface area contributed by atoms with Gasteiger partial charge in [0.15, 0.2) is 0 Å². The molecule has 0 aliphatic rings. The quantitative estimate of drug-likeness (QED) is 0.411. The Morgan fingerprint density at radius 2 is 1.70 bits per heavy atom. The Kier molecular flexibility index (Phi) is 5.58. The summed E-state index contributed by atoms with van der Waals surface area (Å²) in [6.45, 7) is 0. The molecule has 0 fully saturated rings. The van der Waals surface area contributed by atoms with Gasteiger partial charge in [0.25, 0.3) is 0 Å². The molecular weight excluding hydrogens is 413 g/mol. The normalized spacial score (nSPS) is 12.4. The number of hydrogen-bond donors (Lipinski definition) is 0. The van der Waals surface area contributed by atoms with Crippen molar-refractivity contribution >= 4 is 43.5 Å². The maximum atomic E-state index is 14.0. The van der Waals surface area contributed by atoms with Gasteiger partial charge in [0.1, 0.15) is 11.6 Å². The van der Waals surface area contributed by atoms with Crippen LogP contribution in [0, 0.1) is 11.6 Å². The van der Waals surface area contributed by atoms with E-state index in [0.29, 0.717) is 10.4 Å². The first kappa shape index (κ1) is 15.9. The number of benzene rings is 2. The predicted molar refractivity (Wildman–Crippen MR) is 85.7 cm³/mol. The summed E-state index contributed by atoms with van der Waals surface area (Å²) in [6, 6.07) is 9.96. The van der Waals surface area contributed by atoms with Gasteiger partial charge in [-0.2, -0.15) is 0 Å². The molecule has 20 heavy (non-hydrogen) atoms. The van der Waals surface area contributed by atoms with Gasteiger partial charge in [-0.05, 0) is 58.1 Å². The molecule has 0 heterocycles. The van der Waals surface area contributed by atoms with E-state index in [-0.39, 0.29) is 22.4 Å². The molecule has 0 aliphatic heterocycles. The van der Waals surface area contributed by atoms with Crippen molar-refractivity contribution in [1.82, 2.24) is 0 Å². The Balaban J connectivity index is 2.31. The Hall–Kier alpha value is -0.450. The predicted octanol–water partition coefficient (Wildman–Crippen LogP) is 6.10. The third-order valence-electron chi connectivity index (χ3n) is 3.12. The van der Waals surface area contributed by atoms with Crippen LogP contribution >= 0.6 is 43.5 Å². The van der Waals surface area contributed by atoms with Crippen LogP contribution in [0.25, 0.3) is 0 Å². The Labute approximate surface area is 138 Å². The van der Waals surface area contributed by atoms with Crippen molar-refractivity contribution in [2.75, 3.05) is 5.33 Å². The van der Waals surface area contributed by atoms with E-state index in [0.717, 1.165) is 5.56 Å². The molecule has 0 aliphatic carbocycles. The van der Waals surface area contributed by atoms with E-state index in [4.69, 9.17) is 11.6 Å². The molecule has 5 heteroatoms. The molecule has 2 aromatic rings. The monoisotopic (exact) mass is 422 g/mol. The van der Waals surface area contributed by atoms with E-state index in [1.54, 1.807) is 12.1 Å². The average Bonchev–Trinajstić information content (AvgIpc) is 2.45. The second kappa shape index (κ2) is 7.01. The van der Waals surface area contributed by atoms with Crippen molar-refractivity contribution in [2.45, 2.75) is 12.3 Å². The summed E-state index contributed by atoms with van der Waals surface area (Å²) in [5.41, 5.74) is 1.09. The van der Waals surface area contributed by atoms with Crippen LogP contribution in [0.5, 0.6) is 0 Å². The van der Waals surface area contributed by atoms with Gasteiger partial charge in [-0.1, -0.05) is 39.7 Å². The lowest BCUT2D eigenvalue weighted by atomic mass is 9.93. The highest BCUT2D eigenvalue weighted by Crippen LogP contribution is 2.29. The van der Waals surface area contributed by atoms with Crippen molar-refractivity contribution in [3.63, 3.8) is 0 Å². The highest BCUT2D eigenvalue weighted by atomic mass is 79.9. The van der Waals surface area contributed by atoms with Crippen LogP contribution < -0.4 is 0 Å². The summed E-state index contributed by atoms with van der Waals surface area (Å²) in [7, 11) is 0. The summed E-state index contributed by atoms with van der Waals surface area (Å²) in [4.78, 5) is 0. The van der Waals surface area contributed by atoms with Gasteiger partial charge >= 0.3 is 0 Å². The minimum absolute atomic E-state index is 0.0226. The average molecular weight is 425 g/mol. The second-order valence-corrected chi connectivity index (χ2v) is 6.37. The van der Waals surface area contributed by atoms with Gasteiger partial charge < -0.3 is 0 Å². The number of rotatable bonds is 4. The number of hydrogen-bond acceptors (Lipinski definition) is 0. The van der Waals surface area contributed by atoms with Crippen molar-refractivity contribution in [3.8, 4) is 0 Å². The number of alkyl halides is 1. The molecule has 0 nitrogen and oxygen atoms in total. The maximum absolute atomic E-state index is 14.0. The summed E-state index contributed by atoms with van der Waals surface area (Å²) >= 11 is 12.3. The zero-order valence-electron chi connectivity index (χ0n) is 10.3. The van der Waals surface area contributed by atoms with Crippen LogP contribution in [0.15, 0.2) is 40.9 Å². The van der Waals surface area contributed by atoms with Crippen molar-refractivity contribution in [3.05, 3.63) is 68.7 Å². The van der Waals surface area contributed by atoms with E-state index < -0.39 is 11.6 Å². The largest absolute Gasteiger partial charge is 0.207 e. The van der Waals surface area contributed by atoms with E-state index in [1.807, 2.05) is 12.1 Å². The highest BCUT2D eigenvalue weighted by Gasteiger charge is 2.18.